The number of halogens is 3. The van der Waals surface area contributed by atoms with Crippen LogP contribution in [0.4, 0.5) is 18.9 Å². The van der Waals surface area contributed by atoms with Gasteiger partial charge in [-0.05, 0) is 42.7 Å². The third-order valence-corrected chi connectivity index (χ3v) is 3.84. The van der Waals surface area contributed by atoms with E-state index in [0.717, 1.165) is 23.3 Å². The van der Waals surface area contributed by atoms with E-state index >= 15 is 0 Å². The number of aryl methyl sites for hydroxylation is 2. The summed E-state index contributed by atoms with van der Waals surface area (Å²) in [6.07, 6.45) is -4.51. The Labute approximate surface area is 149 Å². The fraction of sp³-hybridized carbons (Fsp3) is 0.263. The quantitative estimate of drug-likeness (QED) is 0.851. The molecule has 0 aliphatic rings. The molecule has 4 nitrogen and oxygen atoms in total. The zero-order chi connectivity index (χ0) is 19.3. The molecule has 2 amide bonds. The van der Waals surface area contributed by atoms with Crippen molar-refractivity contribution >= 4 is 17.5 Å². The molecule has 2 aromatic rings. The standard InChI is InChI=1S/C19H19F3N2O2/c1-12-4-3-5-13(2)18(12)24-17(26)11-23-16(25)10-14-6-8-15(9-7-14)19(20,21)22/h3-9H,10-11H2,1-2H3,(H,23,25)(H,24,26). The highest BCUT2D eigenvalue weighted by molar-refractivity contribution is 5.95. The summed E-state index contributed by atoms with van der Waals surface area (Å²) in [5, 5.41) is 5.20. The summed E-state index contributed by atoms with van der Waals surface area (Å²) in [5.41, 5.74) is 2.19. The first kappa shape index (κ1) is 19.5. The molecule has 0 radical (unpaired) electrons. The van der Waals surface area contributed by atoms with E-state index in [1.807, 2.05) is 32.0 Å². The minimum Gasteiger partial charge on any atom is -0.347 e. The number of rotatable bonds is 5. The molecule has 0 bridgehead atoms. The van der Waals surface area contributed by atoms with Crippen LogP contribution in [0.25, 0.3) is 0 Å². The minimum atomic E-state index is -4.41. The lowest BCUT2D eigenvalue weighted by atomic mass is 10.1. The van der Waals surface area contributed by atoms with E-state index < -0.39 is 17.6 Å². The van der Waals surface area contributed by atoms with Crippen molar-refractivity contribution in [3.63, 3.8) is 0 Å². The SMILES string of the molecule is Cc1cccc(C)c1NC(=O)CNC(=O)Cc1ccc(C(F)(F)F)cc1. The summed E-state index contributed by atoms with van der Waals surface area (Å²) in [6, 6.07) is 9.97. The number of benzene rings is 2. The summed E-state index contributed by atoms with van der Waals surface area (Å²) in [7, 11) is 0. The maximum absolute atomic E-state index is 12.5. The number of amides is 2. The van der Waals surface area contributed by atoms with E-state index in [1.54, 1.807) is 0 Å². The molecule has 0 heterocycles. The van der Waals surface area contributed by atoms with Gasteiger partial charge in [0.2, 0.25) is 11.8 Å². The molecule has 2 N–H and O–H groups in total. The molecule has 0 spiro atoms. The number of alkyl halides is 3. The van der Waals surface area contributed by atoms with Gasteiger partial charge in [-0.2, -0.15) is 13.2 Å². The molecular weight excluding hydrogens is 345 g/mol. The zero-order valence-electron chi connectivity index (χ0n) is 14.4. The lowest BCUT2D eigenvalue weighted by Gasteiger charge is -2.12. The van der Waals surface area contributed by atoms with Gasteiger partial charge in [-0.25, -0.2) is 0 Å². The summed E-state index contributed by atoms with van der Waals surface area (Å²) in [5.74, 6) is -0.815. The molecule has 0 aliphatic carbocycles. The van der Waals surface area contributed by atoms with Crippen molar-refractivity contribution in [1.29, 1.82) is 0 Å². The molecule has 138 valence electrons. The number of anilines is 1. The van der Waals surface area contributed by atoms with Crippen molar-refractivity contribution in [2.75, 3.05) is 11.9 Å². The van der Waals surface area contributed by atoms with Gasteiger partial charge < -0.3 is 10.6 Å². The molecule has 2 rings (SSSR count). The van der Waals surface area contributed by atoms with E-state index in [1.165, 1.54) is 12.1 Å². The molecule has 0 atom stereocenters. The summed E-state index contributed by atoms with van der Waals surface area (Å²) >= 11 is 0. The molecule has 0 unspecified atom stereocenters. The van der Waals surface area contributed by atoms with Gasteiger partial charge in [0.25, 0.3) is 0 Å². The second kappa shape index (κ2) is 8.03. The van der Waals surface area contributed by atoms with Crippen molar-refractivity contribution in [1.82, 2.24) is 5.32 Å². The highest BCUT2D eigenvalue weighted by Crippen LogP contribution is 2.29. The van der Waals surface area contributed by atoms with Crippen LogP contribution in [0.5, 0.6) is 0 Å². The molecular formula is C19H19F3N2O2. The number of carbonyl (C=O) groups is 2. The number of hydrogen-bond donors (Lipinski definition) is 2. The van der Waals surface area contributed by atoms with E-state index in [4.69, 9.17) is 0 Å². The number of nitrogens with one attached hydrogen (secondary N) is 2. The number of para-hydroxylation sites is 1. The number of hydrogen-bond acceptors (Lipinski definition) is 2. The van der Waals surface area contributed by atoms with Gasteiger partial charge in [0.05, 0.1) is 18.5 Å². The molecule has 26 heavy (non-hydrogen) atoms. The van der Waals surface area contributed by atoms with Crippen LogP contribution in [0.15, 0.2) is 42.5 Å². The molecule has 0 aromatic heterocycles. The van der Waals surface area contributed by atoms with Gasteiger partial charge in [0.1, 0.15) is 0 Å². The first-order chi connectivity index (χ1) is 12.2. The van der Waals surface area contributed by atoms with E-state index in [0.29, 0.717) is 11.3 Å². The van der Waals surface area contributed by atoms with Crippen LogP contribution < -0.4 is 10.6 Å². The largest absolute Gasteiger partial charge is 0.416 e. The van der Waals surface area contributed by atoms with E-state index in [-0.39, 0.29) is 18.9 Å². The van der Waals surface area contributed by atoms with Crippen LogP contribution in [0.2, 0.25) is 0 Å². The smallest absolute Gasteiger partial charge is 0.347 e. The van der Waals surface area contributed by atoms with E-state index in [2.05, 4.69) is 10.6 Å². The van der Waals surface area contributed by atoms with Gasteiger partial charge in [-0.3, -0.25) is 9.59 Å². The Morgan fingerprint density at radius 2 is 1.50 bits per heavy atom. The average molecular weight is 364 g/mol. The normalized spacial score (nSPS) is 11.1. The second-order valence-electron chi connectivity index (χ2n) is 5.96. The maximum atomic E-state index is 12.5. The lowest BCUT2D eigenvalue weighted by molar-refractivity contribution is -0.137. The second-order valence-corrected chi connectivity index (χ2v) is 5.96. The Bertz CT molecular complexity index is 779. The van der Waals surface area contributed by atoms with Gasteiger partial charge in [0.15, 0.2) is 0 Å². The minimum absolute atomic E-state index is 0.102. The van der Waals surface area contributed by atoms with Crippen LogP contribution in [0, 0.1) is 13.8 Å². The van der Waals surface area contributed by atoms with Gasteiger partial charge >= 0.3 is 6.18 Å². The van der Waals surface area contributed by atoms with Crippen molar-refractivity contribution in [2.45, 2.75) is 26.4 Å². The Balaban J connectivity index is 1.86. The average Bonchev–Trinajstić information content (AvgIpc) is 2.56. The van der Waals surface area contributed by atoms with Crippen molar-refractivity contribution in [3.05, 3.63) is 64.7 Å². The number of carbonyl (C=O) groups excluding carboxylic acids is 2. The molecule has 0 saturated carbocycles. The first-order valence-electron chi connectivity index (χ1n) is 7.95. The third kappa shape index (κ3) is 5.34. The maximum Gasteiger partial charge on any atom is 0.416 e. The Kier molecular flexibility index (Phi) is 6.02. The van der Waals surface area contributed by atoms with Crippen LogP contribution in [0.1, 0.15) is 22.3 Å². The molecule has 0 aliphatic heterocycles. The van der Waals surface area contributed by atoms with Crippen LogP contribution in [0.3, 0.4) is 0 Å². The summed E-state index contributed by atoms with van der Waals surface area (Å²) < 4.78 is 37.5. The third-order valence-electron chi connectivity index (χ3n) is 3.84. The fourth-order valence-corrected chi connectivity index (χ4v) is 2.43. The Morgan fingerprint density at radius 1 is 0.923 bits per heavy atom. The van der Waals surface area contributed by atoms with Crippen molar-refractivity contribution in [3.8, 4) is 0 Å². The molecule has 0 saturated heterocycles. The van der Waals surface area contributed by atoms with Crippen molar-refractivity contribution in [2.24, 2.45) is 0 Å². The van der Waals surface area contributed by atoms with Gasteiger partial charge in [0, 0.05) is 5.69 Å². The fourth-order valence-electron chi connectivity index (χ4n) is 2.43. The Morgan fingerprint density at radius 3 is 2.04 bits per heavy atom. The molecule has 7 heteroatoms. The van der Waals surface area contributed by atoms with Crippen LogP contribution >= 0.6 is 0 Å². The topological polar surface area (TPSA) is 58.2 Å². The van der Waals surface area contributed by atoms with Crippen LogP contribution in [-0.4, -0.2) is 18.4 Å². The molecule has 0 fully saturated rings. The first-order valence-corrected chi connectivity index (χ1v) is 7.95. The highest BCUT2D eigenvalue weighted by Gasteiger charge is 2.29. The lowest BCUT2D eigenvalue weighted by Crippen LogP contribution is -2.34. The predicted molar refractivity (Wildman–Crippen MR) is 92.7 cm³/mol. The van der Waals surface area contributed by atoms with E-state index in [9.17, 15) is 22.8 Å². The summed E-state index contributed by atoms with van der Waals surface area (Å²) in [4.78, 5) is 23.8. The monoisotopic (exact) mass is 364 g/mol. The Hall–Kier alpha value is -2.83. The summed E-state index contributed by atoms with van der Waals surface area (Å²) in [6.45, 7) is 3.52. The van der Waals surface area contributed by atoms with Gasteiger partial charge in [-0.1, -0.05) is 30.3 Å². The predicted octanol–water partition coefficient (Wildman–Crippen LogP) is 3.62. The van der Waals surface area contributed by atoms with Gasteiger partial charge in [-0.15, -0.1) is 0 Å². The zero-order valence-corrected chi connectivity index (χ0v) is 14.4. The molecule has 2 aromatic carbocycles. The van der Waals surface area contributed by atoms with Crippen molar-refractivity contribution < 1.29 is 22.8 Å². The van der Waals surface area contributed by atoms with Crippen LogP contribution in [-0.2, 0) is 22.2 Å². The highest BCUT2D eigenvalue weighted by atomic mass is 19.4.